The van der Waals surface area contributed by atoms with Crippen LogP contribution >= 0.6 is 0 Å². The molecule has 3 rings (SSSR count). The quantitative estimate of drug-likeness (QED) is 0.395. The minimum atomic E-state index is -0.642. The van der Waals surface area contributed by atoms with Crippen LogP contribution < -0.4 is 4.74 Å². The third-order valence-electron chi connectivity index (χ3n) is 4.11. The minimum absolute atomic E-state index is 0.0716. The van der Waals surface area contributed by atoms with Crippen LogP contribution in [0.3, 0.4) is 0 Å². The highest BCUT2D eigenvalue weighted by molar-refractivity contribution is 5.61. The van der Waals surface area contributed by atoms with E-state index in [2.05, 4.69) is 4.98 Å². The predicted molar refractivity (Wildman–Crippen MR) is 97.3 cm³/mol. The van der Waals surface area contributed by atoms with Gasteiger partial charge in [0.25, 0.3) is 0 Å². The molecule has 0 aliphatic heterocycles. The second kappa shape index (κ2) is 7.69. The number of phenolic OH excluding ortho intramolecular Hbond substituents is 1. The summed E-state index contributed by atoms with van der Waals surface area (Å²) in [6.45, 7) is 2.98. The van der Waals surface area contributed by atoms with E-state index in [9.17, 15) is 15.2 Å². The van der Waals surface area contributed by atoms with E-state index in [4.69, 9.17) is 4.74 Å². The summed E-state index contributed by atoms with van der Waals surface area (Å²) >= 11 is 0. The van der Waals surface area contributed by atoms with Crippen LogP contribution in [-0.2, 0) is 6.54 Å². The second-order valence-electron chi connectivity index (χ2n) is 5.82. The first kappa shape index (κ1) is 17.5. The first-order chi connectivity index (χ1) is 12.6. The molecular formula is C19H19N3O4. The molecule has 1 N–H and O–H groups in total. The highest BCUT2D eigenvalue weighted by Gasteiger charge is 2.20. The van der Waals surface area contributed by atoms with Crippen molar-refractivity contribution in [3.05, 3.63) is 70.7 Å². The van der Waals surface area contributed by atoms with Crippen LogP contribution in [0.15, 0.2) is 54.9 Å². The van der Waals surface area contributed by atoms with Crippen molar-refractivity contribution >= 4 is 5.69 Å². The van der Waals surface area contributed by atoms with Crippen molar-refractivity contribution in [3.8, 4) is 22.8 Å². The third-order valence-corrected chi connectivity index (χ3v) is 4.11. The van der Waals surface area contributed by atoms with Gasteiger partial charge in [-0.05, 0) is 25.5 Å². The van der Waals surface area contributed by atoms with Crippen molar-refractivity contribution in [2.75, 3.05) is 6.61 Å². The Kier molecular flexibility index (Phi) is 5.17. The molecule has 134 valence electrons. The van der Waals surface area contributed by atoms with E-state index < -0.39 is 16.4 Å². The molecule has 0 aliphatic carbocycles. The van der Waals surface area contributed by atoms with E-state index in [1.807, 2.05) is 41.8 Å². The zero-order chi connectivity index (χ0) is 18.5. The number of aromatic hydroxyl groups is 1. The lowest BCUT2D eigenvalue weighted by Gasteiger charge is -2.09. The molecule has 0 saturated heterocycles. The van der Waals surface area contributed by atoms with Gasteiger partial charge in [0, 0.05) is 17.8 Å². The van der Waals surface area contributed by atoms with Crippen LogP contribution in [0.2, 0.25) is 0 Å². The average molecular weight is 353 g/mol. The van der Waals surface area contributed by atoms with Gasteiger partial charge < -0.3 is 14.4 Å². The van der Waals surface area contributed by atoms with Gasteiger partial charge in [0.1, 0.15) is 0 Å². The van der Waals surface area contributed by atoms with E-state index in [-0.39, 0.29) is 5.75 Å². The molecule has 0 unspecified atom stereocenters. The number of aryl methyl sites for hydroxylation is 1. The van der Waals surface area contributed by atoms with Crippen LogP contribution in [0.25, 0.3) is 11.3 Å². The number of nitro groups is 1. The predicted octanol–water partition coefficient (Wildman–Crippen LogP) is 3.94. The molecular weight excluding hydrogens is 334 g/mol. The van der Waals surface area contributed by atoms with Crippen LogP contribution in [0.1, 0.15) is 12.1 Å². The third kappa shape index (κ3) is 3.66. The monoisotopic (exact) mass is 353 g/mol. The number of aromatic nitrogens is 2. The Bertz CT molecular complexity index is 906. The van der Waals surface area contributed by atoms with Gasteiger partial charge in [-0.3, -0.25) is 10.1 Å². The van der Waals surface area contributed by atoms with Gasteiger partial charge in [-0.1, -0.05) is 36.4 Å². The average Bonchev–Trinajstić information content (AvgIpc) is 3.00. The molecule has 1 heterocycles. The summed E-state index contributed by atoms with van der Waals surface area (Å²) in [7, 11) is 0. The Morgan fingerprint density at radius 1 is 1.19 bits per heavy atom. The van der Waals surface area contributed by atoms with E-state index >= 15 is 0 Å². The summed E-state index contributed by atoms with van der Waals surface area (Å²) in [5.41, 5.74) is 2.66. The number of rotatable bonds is 7. The Morgan fingerprint density at radius 2 is 1.96 bits per heavy atom. The molecule has 0 atom stereocenters. The maximum absolute atomic E-state index is 11.0. The van der Waals surface area contributed by atoms with Crippen molar-refractivity contribution in [1.82, 2.24) is 9.55 Å². The Morgan fingerprint density at radius 3 is 2.69 bits per heavy atom. The van der Waals surface area contributed by atoms with Gasteiger partial charge in [-0.15, -0.1) is 0 Å². The summed E-state index contributed by atoms with van der Waals surface area (Å²) in [6.07, 6.45) is 2.44. The maximum Gasteiger partial charge on any atom is 0.352 e. The van der Waals surface area contributed by atoms with E-state index in [1.165, 1.54) is 18.2 Å². The number of benzene rings is 2. The van der Waals surface area contributed by atoms with Gasteiger partial charge in [-0.25, -0.2) is 4.98 Å². The van der Waals surface area contributed by atoms with Crippen LogP contribution in [0.4, 0.5) is 5.69 Å². The molecule has 0 amide bonds. The van der Waals surface area contributed by atoms with Crippen molar-refractivity contribution < 1.29 is 14.8 Å². The highest BCUT2D eigenvalue weighted by atomic mass is 16.6. The van der Waals surface area contributed by atoms with Gasteiger partial charge in [0.15, 0.2) is 5.75 Å². The normalized spacial score (nSPS) is 10.7. The fourth-order valence-electron chi connectivity index (χ4n) is 2.78. The minimum Gasteiger partial charge on any atom is -0.502 e. The maximum atomic E-state index is 11.0. The molecule has 26 heavy (non-hydrogen) atoms. The summed E-state index contributed by atoms with van der Waals surface area (Å²) in [5.74, 6) is -0.326. The lowest BCUT2D eigenvalue weighted by Crippen LogP contribution is -2.06. The number of hydrogen-bond donors (Lipinski definition) is 1. The zero-order valence-corrected chi connectivity index (χ0v) is 14.3. The zero-order valence-electron chi connectivity index (χ0n) is 14.3. The fourth-order valence-corrected chi connectivity index (χ4v) is 2.78. The standard InChI is InChI=1S/C19H19N3O4/c1-14-18(15-7-3-2-4-8-15)20-13-21(14)11-6-12-26-17-10-5-9-16(23)19(17)22(24)25/h2-5,7-10,13,23H,6,11-12H2,1H3. The summed E-state index contributed by atoms with van der Waals surface area (Å²) < 4.78 is 7.53. The Balaban J connectivity index is 1.61. The molecule has 0 radical (unpaired) electrons. The smallest absolute Gasteiger partial charge is 0.352 e. The Hall–Kier alpha value is -3.35. The number of hydrogen-bond acceptors (Lipinski definition) is 5. The van der Waals surface area contributed by atoms with Crippen molar-refractivity contribution in [3.63, 3.8) is 0 Å². The van der Waals surface area contributed by atoms with Gasteiger partial charge in [-0.2, -0.15) is 0 Å². The summed E-state index contributed by atoms with van der Waals surface area (Å²) in [4.78, 5) is 14.9. The molecule has 0 saturated carbocycles. The highest BCUT2D eigenvalue weighted by Crippen LogP contribution is 2.35. The number of nitro benzene ring substituents is 1. The van der Waals surface area contributed by atoms with Crippen LogP contribution in [-0.4, -0.2) is 26.2 Å². The largest absolute Gasteiger partial charge is 0.502 e. The summed E-state index contributed by atoms with van der Waals surface area (Å²) in [5, 5.41) is 20.6. The van der Waals surface area contributed by atoms with E-state index in [0.29, 0.717) is 19.6 Å². The van der Waals surface area contributed by atoms with Crippen molar-refractivity contribution in [2.24, 2.45) is 0 Å². The van der Waals surface area contributed by atoms with E-state index in [1.54, 1.807) is 6.33 Å². The lowest BCUT2D eigenvalue weighted by atomic mass is 10.1. The number of nitrogens with zero attached hydrogens (tertiary/aromatic N) is 3. The van der Waals surface area contributed by atoms with Crippen molar-refractivity contribution in [2.45, 2.75) is 19.9 Å². The van der Waals surface area contributed by atoms with Crippen LogP contribution in [0, 0.1) is 17.0 Å². The van der Waals surface area contributed by atoms with E-state index in [0.717, 1.165) is 17.0 Å². The second-order valence-corrected chi connectivity index (χ2v) is 5.82. The van der Waals surface area contributed by atoms with Gasteiger partial charge in [0.2, 0.25) is 5.75 Å². The topological polar surface area (TPSA) is 90.4 Å². The number of imidazole rings is 1. The lowest BCUT2D eigenvalue weighted by molar-refractivity contribution is -0.386. The molecule has 3 aromatic rings. The van der Waals surface area contributed by atoms with Crippen LogP contribution in [0.5, 0.6) is 11.5 Å². The Labute approximate surface area is 150 Å². The molecule has 7 heteroatoms. The molecule has 0 spiro atoms. The number of para-hydroxylation sites is 1. The van der Waals surface area contributed by atoms with Gasteiger partial charge in [0.05, 0.1) is 23.6 Å². The molecule has 1 aromatic heterocycles. The van der Waals surface area contributed by atoms with Gasteiger partial charge >= 0.3 is 5.69 Å². The fraction of sp³-hybridized carbons (Fsp3) is 0.211. The number of phenols is 1. The molecule has 7 nitrogen and oxygen atoms in total. The molecule has 0 fully saturated rings. The molecule has 0 bridgehead atoms. The van der Waals surface area contributed by atoms with Crippen molar-refractivity contribution in [1.29, 1.82) is 0 Å². The SMILES string of the molecule is Cc1c(-c2ccccc2)ncn1CCCOc1cccc(O)c1[N+](=O)[O-]. The number of ether oxygens (including phenoxy) is 1. The first-order valence-corrected chi connectivity index (χ1v) is 8.24. The first-order valence-electron chi connectivity index (χ1n) is 8.24. The molecule has 2 aromatic carbocycles. The summed E-state index contributed by atoms with van der Waals surface area (Å²) in [6, 6.07) is 14.2. The molecule has 0 aliphatic rings.